The van der Waals surface area contributed by atoms with Crippen molar-refractivity contribution in [1.29, 1.82) is 0 Å². The zero-order valence-electron chi connectivity index (χ0n) is 17.1. The fourth-order valence-corrected chi connectivity index (χ4v) is 3.66. The van der Waals surface area contributed by atoms with Crippen LogP contribution in [0.5, 0.6) is 5.75 Å². The number of rotatable bonds is 8. The van der Waals surface area contributed by atoms with Gasteiger partial charge in [-0.15, -0.1) is 0 Å². The van der Waals surface area contributed by atoms with Gasteiger partial charge < -0.3 is 15.0 Å². The second kappa shape index (κ2) is 9.92. The fraction of sp³-hybridized carbons (Fsp3) is 0.280. The van der Waals surface area contributed by atoms with Gasteiger partial charge in [0.15, 0.2) is 0 Å². The first-order valence-electron chi connectivity index (χ1n) is 10.5. The van der Waals surface area contributed by atoms with E-state index in [1.54, 1.807) is 6.20 Å². The van der Waals surface area contributed by atoms with Crippen molar-refractivity contribution in [2.75, 3.05) is 24.5 Å². The molecular formula is C25H27N3O2. The minimum Gasteiger partial charge on any atom is -0.489 e. The third kappa shape index (κ3) is 5.17. The van der Waals surface area contributed by atoms with E-state index in [1.807, 2.05) is 54.6 Å². The minimum absolute atomic E-state index is 0.0622. The van der Waals surface area contributed by atoms with Crippen molar-refractivity contribution in [2.45, 2.75) is 25.9 Å². The van der Waals surface area contributed by atoms with Crippen molar-refractivity contribution in [3.05, 3.63) is 89.6 Å². The van der Waals surface area contributed by atoms with Gasteiger partial charge >= 0.3 is 0 Å². The number of ether oxygens (including phenoxy) is 1. The van der Waals surface area contributed by atoms with Gasteiger partial charge in [-0.1, -0.05) is 42.5 Å². The monoisotopic (exact) mass is 401 g/mol. The lowest BCUT2D eigenvalue weighted by atomic mass is 10.1. The Balaban J connectivity index is 1.27. The average molecular weight is 402 g/mol. The predicted octanol–water partition coefficient (Wildman–Crippen LogP) is 4.23. The van der Waals surface area contributed by atoms with Gasteiger partial charge in [0.1, 0.15) is 18.2 Å². The molecule has 1 fully saturated rings. The van der Waals surface area contributed by atoms with Gasteiger partial charge in [-0.05, 0) is 54.7 Å². The summed E-state index contributed by atoms with van der Waals surface area (Å²) in [5, 5.41) is 3.04. The van der Waals surface area contributed by atoms with Crippen molar-refractivity contribution < 1.29 is 9.53 Å². The Morgan fingerprint density at radius 2 is 1.70 bits per heavy atom. The number of pyridine rings is 1. The molecule has 1 aliphatic rings. The molecule has 3 aromatic rings. The third-order valence-corrected chi connectivity index (χ3v) is 5.31. The smallest absolute Gasteiger partial charge is 0.255 e. The van der Waals surface area contributed by atoms with Crippen molar-refractivity contribution >= 4 is 11.7 Å². The summed E-state index contributed by atoms with van der Waals surface area (Å²) in [6.45, 7) is 3.07. The maximum Gasteiger partial charge on any atom is 0.255 e. The number of anilines is 1. The number of nitrogens with one attached hydrogen (secondary N) is 1. The van der Waals surface area contributed by atoms with Crippen LogP contribution in [0.1, 0.15) is 34.3 Å². The molecule has 1 aromatic heterocycles. The molecule has 0 radical (unpaired) electrons. The third-order valence-electron chi connectivity index (χ3n) is 5.31. The van der Waals surface area contributed by atoms with Crippen LogP contribution in [0.3, 0.4) is 0 Å². The van der Waals surface area contributed by atoms with Crippen LogP contribution in [0.2, 0.25) is 0 Å². The zero-order valence-corrected chi connectivity index (χ0v) is 17.1. The van der Waals surface area contributed by atoms with Crippen molar-refractivity contribution in [3.8, 4) is 5.75 Å². The van der Waals surface area contributed by atoms with Crippen molar-refractivity contribution in [1.82, 2.24) is 10.3 Å². The summed E-state index contributed by atoms with van der Waals surface area (Å²) in [6.07, 6.45) is 4.83. The summed E-state index contributed by atoms with van der Waals surface area (Å²) in [4.78, 5) is 19.3. The number of carbonyl (C=O) groups is 1. The number of hydrogen-bond donors (Lipinski definition) is 1. The van der Waals surface area contributed by atoms with Gasteiger partial charge in [-0.25, -0.2) is 4.98 Å². The maximum atomic E-state index is 12.7. The van der Waals surface area contributed by atoms with Crippen LogP contribution in [0.25, 0.3) is 0 Å². The van der Waals surface area contributed by atoms with Crippen LogP contribution in [0.4, 0.5) is 5.82 Å². The minimum atomic E-state index is -0.0622. The van der Waals surface area contributed by atoms with Crippen LogP contribution >= 0.6 is 0 Å². The molecule has 0 unspecified atom stereocenters. The van der Waals surface area contributed by atoms with Crippen LogP contribution in [-0.2, 0) is 13.0 Å². The quantitative estimate of drug-likeness (QED) is 0.614. The normalized spacial score (nSPS) is 13.3. The van der Waals surface area contributed by atoms with Crippen LogP contribution in [0.15, 0.2) is 72.9 Å². The van der Waals surface area contributed by atoms with E-state index >= 15 is 0 Å². The summed E-state index contributed by atoms with van der Waals surface area (Å²) in [7, 11) is 0. The first kappa shape index (κ1) is 20.0. The van der Waals surface area contributed by atoms with E-state index in [9.17, 15) is 4.79 Å². The molecular weight excluding hydrogens is 374 g/mol. The molecule has 4 rings (SSSR count). The first-order chi connectivity index (χ1) is 14.8. The largest absolute Gasteiger partial charge is 0.489 e. The second-order valence-electron chi connectivity index (χ2n) is 7.49. The van der Waals surface area contributed by atoms with E-state index < -0.39 is 0 Å². The average Bonchev–Trinajstić information content (AvgIpc) is 3.34. The topological polar surface area (TPSA) is 54.5 Å². The Morgan fingerprint density at radius 1 is 0.933 bits per heavy atom. The van der Waals surface area contributed by atoms with E-state index in [4.69, 9.17) is 4.74 Å². The number of carbonyl (C=O) groups excluding carboxylic acids is 1. The molecule has 0 saturated carbocycles. The van der Waals surface area contributed by atoms with E-state index in [-0.39, 0.29) is 5.91 Å². The van der Waals surface area contributed by atoms with Gasteiger partial charge in [0.25, 0.3) is 5.91 Å². The summed E-state index contributed by atoms with van der Waals surface area (Å²) in [5.74, 6) is 1.58. The zero-order chi connectivity index (χ0) is 20.6. The predicted molar refractivity (Wildman–Crippen MR) is 119 cm³/mol. The van der Waals surface area contributed by atoms with Crippen molar-refractivity contribution in [3.63, 3.8) is 0 Å². The highest BCUT2D eigenvalue weighted by molar-refractivity contribution is 5.98. The summed E-state index contributed by atoms with van der Waals surface area (Å²) >= 11 is 0. The highest BCUT2D eigenvalue weighted by Gasteiger charge is 2.20. The number of nitrogens with zero attached hydrogens (tertiary/aromatic N) is 2. The molecule has 30 heavy (non-hydrogen) atoms. The van der Waals surface area contributed by atoms with Gasteiger partial charge in [0, 0.05) is 25.8 Å². The Hall–Kier alpha value is -3.34. The summed E-state index contributed by atoms with van der Waals surface area (Å²) < 4.78 is 5.83. The molecule has 0 bridgehead atoms. The van der Waals surface area contributed by atoms with E-state index in [1.165, 1.54) is 0 Å². The lowest BCUT2D eigenvalue weighted by molar-refractivity contribution is 0.0954. The summed E-state index contributed by atoms with van der Waals surface area (Å²) in [6, 6.07) is 21.8. The lowest BCUT2D eigenvalue weighted by Crippen LogP contribution is -2.29. The van der Waals surface area contributed by atoms with Crippen LogP contribution in [0, 0.1) is 0 Å². The Morgan fingerprint density at radius 3 is 2.47 bits per heavy atom. The molecule has 154 valence electrons. The lowest BCUT2D eigenvalue weighted by Gasteiger charge is -2.19. The number of amides is 1. The van der Waals surface area contributed by atoms with Gasteiger partial charge in [-0.2, -0.15) is 0 Å². The van der Waals surface area contributed by atoms with E-state index in [0.717, 1.165) is 55.0 Å². The van der Waals surface area contributed by atoms with Gasteiger partial charge in [0.2, 0.25) is 0 Å². The Kier molecular flexibility index (Phi) is 6.60. The second-order valence-corrected chi connectivity index (χ2v) is 7.49. The SMILES string of the molecule is O=C(NCCc1ccc(OCc2ccccc2)cc1)c1cccnc1N1CCCC1. The molecule has 1 saturated heterocycles. The molecule has 0 spiro atoms. The molecule has 5 heteroatoms. The van der Waals surface area contributed by atoms with Crippen LogP contribution < -0.4 is 15.0 Å². The molecule has 0 atom stereocenters. The molecule has 1 N–H and O–H groups in total. The van der Waals surface area contributed by atoms with Gasteiger partial charge in [0.05, 0.1) is 5.56 Å². The van der Waals surface area contributed by atoms with E-state index in [0.29, 0.717) is 18.7 Å². The Bertz CT molecular complexity index is 952. The van der Waals surface area contributed by atoms with Crippen LogP contribution in [-0.4, -0.2) is 30.5 Å². The molecule has 2 aromatic carbocycles. The Labute approximate surface area is 177 Å². The molecule has 0 aliphatic carbocycles. The first-order valence-corrected chi connectivity index (χ1v) is 10.5. The number of aromatic nitrogens is 1. The fourth-order valence-electron chi connectivity index (χ4n) is 3.66. The van der Waals surface area contributed by atoms with E-state index in [2.05, 4.69) is 27.3 Å². The molecule has 5 nitrogen and oxygen atoms in total. The molecule has 2 heterocycles. The number of hydrogen-bond acceptors (Lipinski definition) is 4. The molecule has 1 amide bonds. The standard InChI is InChI=1S/C25H27N3O2/c29-25(23-9-6-15-26-24(23)28-17-4-5-18-28)27-16-14-20-10-12-22(13-11-20)30-19-21-7-2-1-3-8-21/h1-3,6-13,15H,4-5,14,16-19H2,(H,27,29). The summed E-state index contributed by atoms with van der Waals surface area (Å²) in [5.41, 5.74) is 2.96. The number of benzene rings is 2. The highest BCUT2D eigenvalue weighted by Crippen LogP contribution is 2.22. The van der Waals surface area contributed by atoms with Gasteiger partial charge in [-0.3, -0.25) is 4.79 Å². The highest BCUT2D eigenvalue weighted by atomic mass is 16.5. The van der Waals surface area contributed by atoms with Crippen molar-refractivity contribution in [2.24, 2.45) is 0 Å². The maximum absolute atomic E-state index is 12.7. The molecule has 1 aliphatic heterocycles.